The minimum atomic E-state index is 0.898. The second-order valence-electron chi connectivity index (χ2n) is 16.9. The van der Waals surface area contributed by atoms with Crippen LogP contribution in [0.15, 0.2) is 229 Å². The second kappa shape index (κ2) is 13.4. The summed E-state index contributed by atoms with van der Waals surface area (Å²) >= 11 is 0. The van der Waals surface area contributed by atoms with Crippen molar-refractivity contribution in [3.8, 4) is 39.3 Å². The lowest BCUT2D eigenvalue weighted by Crippen LogP contribution is -2.10. The van der Waals surface area contributed by atoms with Crippen LogP contribution in [-0.2, 0) is 0 Å². The smallest absolute Gasteiger partial charge is 0.136 e. The van der Waals surface area contributed by atoms with E-state index in [-0.39, 0.29) is 0 Å². The van der Waals surface area contributed by atoms with Crippen LogP contribution in [0.2, 0.25) is 0 Å². The molecule has 0 atom stereocenters. The molecule has 298 valence electrons. The zero-order valence-electron chi connectivity index (χ0n) is 34.6. The molecular weight excluding hydrogens is 779 g/mol. The van der Waals surface area contributed by atoms with Crippen LogP contribution in [-0.4, -0.2) is 13.7 Å². The lowest BCUT2D eigenvalue weighted by molar-refractivity contribution is 0.669. The molecule has 0 saturated heterocycles. The van der Waals surface area contributed by atoms with Crippen molar-refractivity contribution in [2.45, 2.75) is 0 Å². The first-order valence-electron chi connectivity index (χ1n) is 21.9. The van der Waals surface area contributed by atoms with E-state index in [1.807, 2.05) is 12.1 Å². The molecule has 0 amide bonds. The molecular formula is C60H37N3O. The van der Waals surface area contributed by atoms with Crippen LogP contribution in [0.1, 0.15) is 0 Å². The Morgan fingerprint density at radius 3 is 1.00 bits per heavy atom. The van der Waals surface area contributed by atoms with Crippen LogP contribution in [0.3, 0.4) is 0 Å². The molecule has 4 aromatic heterocycles. The number of aromatic nitrogens is 3. The minimum absolute atomic E-state index is 0.898. The van der Waals surface area contributed by atoms with Crippen LogP contribution < -0.4 is 0 Å². The van der Waals surface area contributed by atoms with E-state index in [0.717, 1.165) is 94.4 Å². The van der Waals surface area contributed by atoms with Crippen LogP contribution in [0.5, 0.6) is 0 Å². The van der Waals surface area contributed by atoms with E-state index in [4.69, 9.17) is 4.42 Å². The average Bonchev–Trinajstić information content (AvgIpc) is 4.10. The average molecular weight is 816 g/mol. The molecule has 0 aliphatic rings. The standard InChI is InChI=1S/C60H37N3O/c1-8-22-50-42(15-1)43-16-2-9-23-51(43)61(50)56-35-41(39-31-29-38(30-32-39)40-33-34-49-48-21-7-14-28-58(48)64-59(49)37-40)36-57(62-52-24-10-3-17-44(52)45-18-4-11-25-53(45)62)60(56)63-54-26-12-5-19-46(54)47-20-6-13-27-55(47)63/h1-37H. The number of hydrogen-bond acceptors (Lipinski definition) is 1. The van der Waals surface area contributed by atoms with E-state index in [1.165, 1.54) is 32.3 Å². The summed E-state index contributed by atoms with van der Waals surface area (Å²) in [4.78, 5) is 0. The van der Waals surface area contributed by atoms with Crippen molar-refractivity contribution in [2.75, 3.05) is 0 Å². The molecule has 4 nitrogen and oxygen atoms in total. The first-order valence-corrected chi connectivity index (χ1v) is 21.9. The highest BCUT2D eigenvalue weighted by Gasteiger charge is 2.26. The fourth-order valence-corrected chi connectivity index (χ4v) is 10.6. The van der Waals surface area contributed by atoms with Gasteiger partial charge in [-0.1, -0.05) is 158 Å². The lowest BCUT2D eigenvalue weighted by atomic mass is 9.98. The van der Waals surface area contributed by atoms with Crippen LogP contribution in [0.25, 0.3) is 127 Å². The first-order chi connectivity index (χ1) is 31.8. The van der Waals surface area contributed by atoms with Gasteiger partial charge in [0.15, 0.2) is 0 Å². The largest absolute Gasteiger partial charge is 0.456 e. The van der Waals surface area contributed by atoms with E-state index in [9.17, 15) is 0 Å². The maximum Gasteiger partial charge on any atom is 0.136 e. The van der Waals surface area contributed by atoms with E-state index >= 15 is 0 Å². The van der Waals surface area contributed by atoms with Crippen molar-refractivity contribution >= 4 is 87.4 Å². The van der Waals surface area contributed by atoms with Gasteiger partial charge in [-0.05, 0) is 89.0 Å². The summed E-state index contributed by atoms with van der Waals surface area (Å²) in [6, 6.07) is 81.8. The highest BCUT2D eigenvalue weighted by atomic mass is 16.3. The van der Waals surface area contributed by atoms with Gasteiger partial charge in [0.1, 0.15) is 11.2 Å². The van der Waals surface area contributed by atoms with Crippen LogP contribution in [0, 0.1) is 0 Å². The van der Waals surface area contributed by atoms with Crippen LogP contribution >= 0.6 is 0 Å². The number of fused-ring (bicyclic) bond motifs is 12. The van der Waals surface area contributed by atoms with Gasteiger partial charge in [-0.25, -0.2) is 0 Å². The number of para-hydroxylation sites is 7. The topological polar surface area (TPSA) is 27.9 Å². The van der Waals surface area contributed by atoms with Gasteiger partial charge in [0.25, 0.3) is 0 Å². The van der Waals surface area contributed by atoms with Gasteiger partial charge >= 0.3 is 0 Å². The Hall–Kier alpha value is -8.60. The summed E-state index contributed by atoms with van der Waals surface area (Å²) < 4.78 is 13.8. The molecule has 0 bridgehead atoms. The second-order valence-corrected chi connectivity index (χ2v) is 16.9. The third kappa shape index (κ3) is 4.99. The summed E-state index contributed by atoms with van der Waals surface area (Å²) in [7, 11) is 0. The Morgan fingerprint density at radius 2 is 0.562 bits per heavy atom. The van der Waals surface area contributed by atoms with Crippen LogP contribution in [0.4, 0.5) is 0 Å². The fourth-order valence-electron chi connectivity index (χ4n) is 10.6. The molecule has 0 N–H and O–H groups in total. The normalized spacial score (nSPS) is 12.1. The van der Waals surface area contributed by atoms with Crippen molar-refractivity contribution < 1.29 is 4.42 Å². The highest BCUT2D eigenvalue weighted by molar-refractivity contribution is 6.14. The highest BCUT2D eigenvalue weighted by Crippen LogP contribution is 2.45. The van der Waals surface area contributed by atoms with E-state index in [0.29, 0.717) is 0 Å². The van der Waals surface area contributed by atoms with E-state index in [1.54, 1.807) is 0 Å². The van der Waals surface area contributed by atoms with Crippen molar-refractivity contribution in [2.24, 2.45) is 0 Å². The molecule has 0 unspecified atom stereocenters. The molecule has 0 radical (unpaired) electrons. The molecule has 0 fully saturated rings. The predicted octanol–water partition coefficient (Wildman–Crippen LogP) is 16.2. The van der Waals surface area contributed by atoms with Crippen molar-refractivity contribution in [3.05, 3.63) is 224 Å². The van der Waals surface area contributed by atoms with Gasteiger partial charge in [0, 0.05) is 43.1 Å². The Balaban J connectivity index is 1.11. The Bertz CT molecular complexity index is 3900. The SMILES string of the molecule is c1ccc2c(c1)oc1cc(-c3ccc(-c4cc(-n5c6ccccc6c6ccccc65)c(-n5c6ccccc6c6ccccc65)c(-n5c6ccccc6c6ccccc65)c4)cc3)ccc12. The predicted molar refractivity (Wildman–Crippen MR) is 268 cm³/mol. The van der Waals surface area contributed by atoms with Gasteiger partial charge in [0.05, 0.1) is 50.2 Å². The molecule has 0 aliphatic heterocycles. The van der Waals surface area contributed by atoms with E-state index in [2.05, 4.69) is 226 Å². The van der Waals surface area contributed by atoms with Crippen molar-refractivity contribution in [1.29, 1.82) is 0 Å². The van der Waals surface area contributed by atoms with Crippen molar-refractivity contribution in [3.63, 3.8) is 0 Å². The number of rotatable bonds is 5. The molecule has 14 rings (SSSR count). The molecule has 14 aromatic rings. The van der Waals surface area contributed by atoms with Gasteiger partial charge in [-0.15, -0.1) is 0 Å². The first kappa shape index (κ1) is 35.0. The summed E-state index contributed by atoms with van der Waals surface area (Å²) in [6.07, 6.45) is 0. The lowest BCUT2D eigenvalue weighted by Gasteiger charge is -2.24. The summed E-state index contributed by atoms with van der Waals surface area (Å²) in [5.41, 5.74) is 16.6. The van der Waals surface area contributed by atoms with E-state index < -0.39 is 0 Å². The number of hydrogen-bond donors (Lipinski definition) is 0. The van der Waals surface area contributed by atoms with Gasteiger partial charge in [-0.3, -0.25) is 0 Å². The molecule has 0 spiro atoms. The molecule has 4 heteroatoms. The Morgan fingerprint density at radius 1 is 0.234 bits per heavy atom. The maximum absolute atomic E-state index is 6.32. The molecule has 0 aliphatic carbocycles. The van der Waals surface area contributed by atoms with Gasteiger partial charge < -0.3 is 18.1 Å². The monoisotopic (exact) mass is 815 g/mol. The zero-order chi connectivity index (χ0) is 41.9. The number of furan rings is 1. The summed E-state index contributed by atoms with van der Waals surface area (Å²) in [5, 5.41) is 9.61. The third-order valence-electron chi connectivity index (χ3n) is 13.4. The quantitative estimate of drug-likeness (QED) is 0.170. The summed E-state index contributed by atoms with van der Waals surface area (Å²) in [5.74, 6) is 0. The molecule has 4 heterocycles. The summed E-state index contributed by atoms with van der Waals surface area (Å²) in [6.45, 7) is 0. The molecule has 64 heavy (non-hydrogen) atoms. The maximum atomic E-state index is 6.32. The number of nitrogens with zero attached hydrogens (tertiary/aromatic N) is 3. The van der Waals surface area contributed by atoms with Gasteiger partial charge in [0.2, 0.25) is 0 Å². The Labute approximate surface area is 367 Å². The minimum Gasteiger partial charge on any atom is -0.456 e. The molecule has 0 saturated carbocycles. The zero-order valence-corrected chi connectivity index (χ0v) is 34.6. The molecule has 10 aromatic carbocycles. The number of benzene rings is 10. The Kier molecular flexibility index (Phi) is 7.36. The fraction of sp³-hybridized carbons (Fsp3) is 0. The van der Waals surface area contributed by atoms with Gasteiger partial charge in [-0.2, -0.15) is 0 Å². The van der Waals surface area contributed by atoms with Crippen molar-refractivity contribution in [1.82, 2.24) is 13.7 Å². The third-order valence-corrected chi connectivity index (χ3v) is 13.4.